The highest BCUT2D eigenvalue weighted by Gasteiger charge is 2.30. The summed E-state index contributed by atoms with van der Waals surface area (Å²) in [6.07, 6.45) is 5.39. The number of rotatable bonds is 5. The Balaban J connectivity index is 2.59. The summed E-state index contributed by atoms with van der Waals surface area (Å²) in [5.41, 5.74) is 0. The van der Waals surface area contributed by atoms with Gasteiger partial charge in [0.05, 0.1) is 0 Å². The molecule has 0 bridgehead atoms. The molecule has 1 fully saturated rings. The first kappa shape index (κ1) is 13.0. The molecule has 3 atom stereocenters. The zero-order valence-electron chi connectivity index (χ0n) is 10.9. The molecule has 0 aromatic rings. The van der Waals surface area contributed by atoms with E-state index in [9.17, 15) is 0 Å². The lowest BCUT2D eigenvalue weighted by atomic mass is 9.82. The Labute approximate surface area is 95.4 Å². The zero-order valence-corrected chi connectivity index (χ0v) is 10.9. The molecule has 90 valence electrons. The van der Waals surface area contributed by atoms with E-state index in [0.717, 1.165) is 12.0 Å². The third-order valence-electron chi connectivity index (χ3n) is 3.84. The summed E-state index contributed by atoms with van der Waals surface area (Å²) in [5, 5.41) is 3.51. The second-order valence-corrected chi connectivity index (χ2v) is 5.01. The lowest BCUT2D eigenvalue weighted by Crippen LogP contribution is -2.52. The molecule has 0 spiro atoms. The van der Waals surface area contributed by atoms with Gasteiger partial charge in [0.25, 0.3) is 0 Å². The van der Waals surface area contributed by atoms with Gasteiger partial charge in [0.1, 0.15) is 0 Å². The molecule has 0 heterocycles. The van der Waals surface area contributed by atoms with E-state index in [1.54, 1.807) is 0 Å². The van der Waals surface area contributed by atoms with Crippen LogP contribution in [0, 0.1) is 5.92 Å². The summed E-state index contributed by atoms with van der Waals surface area (Å²) in [7, 11) is 2.12. The SMILES string of the molecule is CCCN(CC)C1CC(C)CCC1NC. The molecule has 2 nitrogen and oxygen atoms in total. The van der Waals surface area contributed by atoms with Crippen LogP contribution in [0.25, 0.3) is 0 Å². The van der Waals surface area contributed by atoms with E-state index in [2.05, 4.69) is 38.0 Å². The second-order valence-electron chi connectivity index (χ2n) is 5.01. The maximum Gasteiger partial charge on any atom is 0.0251 e. The van der Waals surface area contributed by atoms with Crippen LogP contribution in [-0.4, -0.2) is 37.1 Å². The van der Waals surface area contributed by atoms with E-state index in [4.69, 9.17) is 0 Å². The average Bonchev–Trinajstić information content (AvgIpc) is 2.26. The number of hydrogen-bond donors (Lipinski definition) is 1. The van der Waals surface area contributed by atoms with Gasteiger partial charge < -0.3 is 5.32 Å². The lowest BCUT2D eigenvalue weighted by Gasteiger charge is -2.41. The van der Waals surface area contributed by atoms with Gasteiger partial charge >= 0.3 is 0 Å². The van der Waals surface area contributed by atoms with Crippen LogP contribution < -0.4 is 5.32 Å². The molecule has 0 radical (unpaired) electrons. The molecule has 0 aliphatic heterocycles. The van der Waals surface area contributed by atoms with E-state index < -0.39 is 0 Å². The maximum absolute atomic E-state index is 3.51. The van der Waals surface area contributed by atoms with Crippen LogP contribution in [0.4, 0.5) is 0 Å². The summed E-state index contributed by atoms with van der Waals surface area (Å²) in [6, 6.07) is 1.48. The van der Waals surface area contributed by atoms with Crippen LogP contribution in [0.15, 0.2) is 0 Å². The minimum absolute atomic E-state index is 0.715. The van der Waals surface area contributed by atoms with Gasteiger partial charge in [-0.15, -0.1) is 0 Å². The largest absolute Gasteiger partial charge is 0.315 e. The van der Waals surface area contributed by atoms with Gasteiger partial charge in [-0.2, -0.15) is 0 Å². The molecule has 1 N–H and O–H groups in total. The zero-order chi connectivity index (χ0) is 11.3. The van der Waals surface area contributed by atoms with Crippen LogP contribution in [-0.2, 0) is 0 Å². The van der Waals surface area contributed by atoms with Crippen molar-refractivity contribution < 1.29 is 0 Å². The van der Waals surface area contributed by atoms with Gasteiger partial charge in [-0.3, -0.25) is 4.90 Å². The molecular formula is C13H28N2. The van der Waals surface area contributed by atoms with Crippen LogP contribution >= 0.6 is 0 Å². The standard InChI is InChI=1S/C13H28N2/c1-5-9-15(6-2)13-10-11(3)7-8-12(13)14-4/h11-14H,5-10H2,1-4H3. The highest BCUT2D eigenvalue weighted by molar-refractivity contribution is 4.89. The molecule has 15 heavy (non-hydrogen) atoms. The minimum Gasteiger partial charge on any atom is -0.315 e. The minimum atomic E-state index is 0.715. The van der Waals surface area contributed by atoms with Crippen molar-refractivity contribution >= 4 is 0 Å². The molecular weight excluding hydrogens is 184 g/mol. The van der Waals surface area contributed by atoms with Crippen LogP contribution in [0.3, 0.4) is 0 Å². The number of nitrogens with one attached hydrogen (secondary N) is 1. The van der Waals surface area contributed by atoms with Gasteiger partial charge in [-0.05, 0) is 51.7 Å². The normalized spacial score (nSPS) is 32.2. The van der Waals surface area contributed by atoms with Crippen molar-refractivity contribution in [1.29, 1.82) is 0 Å². The van der Waals surface area contributed by atoms with Crippen molar-refractivity contribution in [3.05, 3.63) is 0 Å². The molecule has 2 heteroatoms. The first-order chi connectivity index (χ1) is 7.22. The van der Waals surface area contributed by atoms with Gasteiger partial charge in [-0.25, -0.2) is 0 Å². The van der Waals surface area contributed by atoms with Gasteiger partial charge in [-0.1, -0.05) is 20.8 Å². The van der Waals surface area contributed by atoms with Crippen molar-refractivity contribution in [3.63, 3.8) is 0 Å². The average molecular weight is 212 g/mol. The van der Waals surface area contributed by atoms with Crippen LogP contribution in [0.2, 0.25) is 0 Å². The predicted molar refractivity (Wildman–Crippen MR) is 67.2 cm³/mol. The smallest absolute Gasteiger partial charge is 0.0251 e. The third kappa shape index (κ3) is 3.46. The molecule has 1 saturated carbocycles. The molecule has 1 rings (SSSR count). The molecule has 1 aliphatic rings. The Morgan fingerprint density at radius 2 is 2.00 bits per heavy atom. The van der Waals surface area contributed by atoms with Crippen molar-refractivity contribution in [2.75, 3.05) is 20.1 Å². The molecule has 1 aliphatic carbocycles. The Morgan fingerprint density at radius 3 is 2.53 bits per heavy atom. The second kappa shape index (κ2) is 6.49. The van der Waals surface area contributed by atoms with E-state index in [1.807, 2.05) is 0 Å². The predicted octanol–water partition coefficient (Wildman–Crippen LogP) is 2.49. The van der Waals surface area contributed by atoms with E-state index in [-0.39, 0.29) is 0 Å². The summed E-state index contributed by atoms with van der Waals surface area (Å²) >= 11 is 0. The first-order valence-corrected chi connectivity index (χ1v) is 6.64. The van der Waals surface area contributed by atoms with Crippen molar-refractivity contribution in [1.82, 2.24) is 10.2 Å². The summed E-state index contributed by atoms with van der Waals surface area (Å²) in [6.45, 7) is 9.43. The quantitative estimate of drug-likeness (QED) is 0.753. The summed E-state index contributed by atoms with van der Waals surface area (Å²) in [5.74, 6) is 0.908. The van der Waals surface area contributed by atoms with E-state index in [1.165, 1.54) is 38.8 Å². The fourth-order valence-electron chi connectivity index (χ4n) is 2.94. The van der Waals surface area contributed by atoms with Crippen molar-refractivity contribution in [2.24, 2.45) is 5.92 Å². The third-order valence-corrected chi connectivity index (χ3v) is 3.84. The summed E-state index contributed by atoms with van der Waals surface area (Å²) in [4.78, 5) is 2.66. The van der Waals surface area contributed by atoms with Crippen molar-refractivity contribution in [3.8, 4) is 0 Å². The number of likely N-dealkylation sites (N-methyl/N-ethyl adjacent to an activating group) is 2. The topological polar surface area (TPSA) is 15.3 Å². The highest BCUT2D eigenvalue weighted by Crippen LogP contribution is 2.27. The Hall–Kier alpha value is -0.0800. The Bertz CT molecular complexity index is 170. The molecule has 0 aromatic heterocycles. The molecule has 0 amide bonds. The molecule has 0 aromatic carbocycles. The van der Waals surface area contributed by atoms with Crippen molar-refractivity contribution in [2.45, 2.75) is 58.5 Å². The first-order valence-electron chi connectivity index (χ1n) is 6.64. The number of nitrogens with zero attached hydrogens (tertiary/aromatic N) is 1. The Kier molecular flexibility index (Phi) is 5.62. The highest BCUT2D eigenvalue weighted by atomic mass is 15.2. The molecule has 3 unspecified atom stereocenters. The van der Waals surface area contributed by atoms with Gasteiger partial charge in [0.15, 0.2) is 0 Å². The number of hydrogen-bond acceptors (Lipinski definition) is 2. The Morgan fingerprint density at radius 1 is 1.27 bits per heavy atom. The van der Waals surface area contributed by atoms with Crippen LogP contribution in [0.5, 0.6) is 0 Å². The van der Waals surface area contributed by atoms with E-state index in [0.29, 0.717) is 6.04 Å². The fourth-order valence-corrected chi connectivity index (χ4v) is 2.94. The van der Waals surface area contributed by atoms with E-state index >= 15 is 0 Å². The maximum atomic E-state index is 3.51. The monoisotopic (exact) mass is 212 g/mol. The van der Waals surface area contributed by atoms with Crippen LogP contribution in [0.1, 0.15) is 46.5 Å². The lowest BCUT2D eigenvalue weighted by molar-refractivity contribution is 0.109. The molecule has 0 saturated heterocycles. The van der Waals surface area contributed by atoms with Gasteiger partial charge in [0.2, 0.25) is 0 Å². The van der Waals surface area contributed by atoms with Gasteiger partial charge in [0, 0.05) is 12.1 Å². The summed E-state index contributed by atoms with van der Waals surface area (Å²) < 4.78 is 0. The fraction of sp³-hybridized carbons (Fsp3) is 1.00.